The van der Waals surface area contributed by atoms with Crippen LogP contribution in [0.4, 0.5) is 5.69 Å². The number of nitrogens with zero attached hydrogens (tertiary/aromatic N) is 2. The molecule has 0 atom stereocenters. The SMILES string of the molecule is CC(C)N(C(=O)CN(C)C1CCNCC1)c1ccccc1.Cl. The quantitative estimate of drug-likeness (QED) is 0.903. The van der Waals surface area contributed by atoms with Gasteiger partial charge < -0.3 is 10.2 Å². The lowest BCUT2D eigenvalue weighted by Crippen LogP contribution is -2.48. The molecule has 0 radical (unpaired) electrons. The molecular weight excluding hydrogens is 298 g/mol. The van der Waals surface area contributed by atoms with Crippen LogP contribution < -0.4 is 10.2 Å². The zero-order chi connectivity index (χ0) is 15.2. The topological polar surface area (TPSA) is 35.6 Å². The number of hydrogen-bond acceptors (Lipinski definition) is 3. The van der Waals surface area contributed by atoms with Crippen molar-refractivity contribution >= 4 is 24.0 Å². The largest absolute Gasteiger partial charge is 0.317 e. The van der Waals surface area contributed by atoms with E-state index >= 15 is 0 Å². The molecule has 1 aromatic carbocycles. The van der Waals surface area contributed by atoms with Gasteiger partial charge in [0.1, 0.15) is 0 Å². The summed E-state index contributed by atoms with van der Waals surface area (Å²) in [6.45, 7) is 6.72. The molecule has 1 aliphatic heterocycles. The predicted molar refractivity (Wildman–Crippen MR) is 94.8 cm³/mol. The zero-order valence-corrected chi connectivity index (χ0v) is 14.6. The molecule has 1 aromatic rings. The molecule has 0 unspecified atom stereocenters. The van der Waals surface area contributed by atoms with E-state index in [2.05, 4.69) is 31.1 Å². The Morgan fingerprint density at radius 2 is 1.82 bits per heavy atom. The van der Waals surface area contributed by atoms with Gasteiger partial charge in [-0.3, -0.25) is 9.69 Å². The van der Waals surface area contributed by atoms with Crippen LogP contribution in [0.15, 0.2) is 30.3 Å². The number of carbonyl (C=O) groups excluding carboxylic acids is 1. The number of para-hydroxylation sites is 1. The van der Waals surface area contributed by atoms with Crippen molar-refractivity contribution in [2.75, 3.05) is 31.6 Å². The first-order valence-electron chi connectivity index (χ1n) is 7.87. The number of likely N-dealkylation sites (N-methyl/N-ethyl adjacent to an activating group) is 1. The maximum Gasteiger partial charge on any atom is 0.241 e. The number of carbonyl (C=O) groups is 1. The fraction of sp³-hybridized carbons (Fsp3) is 0.588. The van der Waals surface area contributed by atoms with E-state index in [1.54, 1.807) is 0 Å². The monoisotopic (exact) mass is 325 g/mol. The van der Waals surface area contributed by atoms with Crippen molar-refractivity contribution in [3.8, 4) is 0 Å². The van der Waals surface area contributed by atoms with Gasteiger partial charge in [-0.15, -0.1) is 12.4 Å². The van der Waals surface area contributed by atoms with E-state index in [1.165, 1.54) is 0 Å². The van der Waals surface area contributed by atoms with E-state index in [0.717, 1.165) is 31.6 Å². The molecule has 0 spiro atoms. The van der Waals surface area contributed by atoms with Crippen LogP contribution in [-0.4, -0.2) is 49.6 Å². The molecule has 1 fully saturated rings. The minimum absolute atomic E-state index is 0. The minimum atomic E-state index is 0. The molecule has 0 aromatic heterocycles. The summed E-state index contributed by atoms with van der Waals surface area (Å²) in [6, 6.07) is 10.6. The van der Waals surface area contributed by atoms with Crippen LogP contribution >= 0.6 is 12.4 Å². The third kappa shape index (κ3) is 4.97. The van der Waals surface area contributed by atoms with Crippen LogP contribution in [0.3, 0.4) is 0 Å². The lowest BCUT2D eigenvalue weighted by molar-refractivity contribution is -0.120. The summed E-state index contributed by atoms with van der Waals surface area (Å²) >= 11 is 0. The molecule has 1 N–H and O–H groups in total. The summed E-state index contributed by atoms with van der Waals surface area (Å²) in [5, 5.41) is 3.37. The van der Waals surface area contributed by atoms with Crippen LogP contribution in [0.1, 0.15) is 26.7 Å². The molecular formula is C17H28ClN3O. The highest BCUT2D eigenvalue weighted by molar-refractivity contribution is 5.95. The molecule has 4 nitrogen and oxygen atoms in total. The number of benzene rings is 1. The van der Waals surface area contributed by atoms with Crippen molar-refractivity contribution in [2.45, 2.75) is 38.8 Å². The Morgan fingerprint density at radius 3 is 2.36 bits per heavy atom. The lowest BCUT2D eigenvalue weighted by atomic mass is 10.1. The fourth-order valence-corrected chi connectivity index (χ4v) is 2.98. The third-order valence-corrected chi connectivity index (χ3v) is 4.14. The highest BCUT2D eigenvalue weighted by Crippen LogP contribution is 2.18. The normalized spacial score (nSPS) is 15.7. The van der Waals surface area contributed by atoms with Gasteiger partial charge in [-0.1, -0.05) is 18.2 Å². The highest BCUT2D eigenvalue weighted by atomic mass is 35.5. The summed E-state index contributed by atoms with van der Waals surface area (Å²) in [6.07, 6.45) is 2.24. The average Bonchev–Trinajstić information content (AvgIpc) is 2.49. The number of amides is 1. The van der Waals surface area contributed by atoms with E-state index in [1.807, 2.05) is 35.2 Å². The molecule has 5 heteroatoms. The van der Waals surface area contributed by atoms with Crippen molar-refractivity contribution < 1.29 is 4.79 Å². The summed E-state index contributed by atoms with van der Waals surface area (Å²) in [4.78, 5) is 16.8. The molecule has 0 bridgehead atoms. The molecule has 0 saturated carbocycles. The van der Waals surface area contributed by atoms with Gasteiger partial charge in [0.2, 0.25) is 5.91 Å². The molecule has 22 heavy (non-hydrogen) atoms. The van der Waals surface area contributed by atoms with Gasteiger partial charge in [-0.25, -0.2) is 0 Å². The van der Waals surface area contributed by atoms with E-state index < -0.39 is 0 Å². The van der Waals surface area contributed by atoms with E-state index in [-0.39, 0.29) is 24.4 Å². The second kappa shape index (κ2) is 9.13. The standard InChI is InChI=1S/C17H27N3O.ClH/c1-14(2)20(16-7-5-4-6-8-16)17(21)13-19(3)15-9-11-18-12-10-15;/h4-8,14-15,18H,9-13H2,1-3H3;1H. The number of rotatable bonds is 5. The third-order valence-electron chi connectivity index (χ3n) is 4.14. The molecule has 1 amide bonds. The summed E-state index contributed by atoms with van der Waals surface area (Å²) in [5.41, 5.74) is 0.983. The molecule has 124 valence electrons. The van der Waals surface area contributed by atoms with Crippen LogP contribution in [0.5, 0.6) is 0 Å². The summed E-state index contributed by atoms with van der Waals surface area (Å²) in [5.74, 6) is 0.178. The van der Waals surface area contributed by atoms with Crippen molar-refractivity contribution in [3.63, 3.8) is 0 Å². The molecule has 1 aliphatic rings. The predicted octanol–water partition coefficient (Wildman–Crippen LogP) is 2.53. The number of hydrogen-bond donors (Lipinski definition) is 1. The molecule has 1 saturated heterocycles. The van der Waals surface area contributed by atoms with Gasteiger partial charge in [-0.05, 0) is 59.0 Å². The van der Waals surface area contributed by atoms with Crippen molar-refractivity contribution in [3.05, 3.63) is 30.3 Å². The van der Waals surface area contributed by atoms with Crippen molar-refractivity contribution in [1.82, 2.24) is 10.2 Å². The Balaban J connectivity index is 0.00000242. The minimum Gasteiger partial charge on any atom is -0.317 e. The van der Waals surface area contributed by atoms with E-state index in [4.69, 9.17) is 0 Å². The molecule has 0 aliphatic carbocycles. The number of halogens is 1. The fourth-order valence-electron chi connectivity index (χ4n) is 2.98. The van der Waals surface area contributed by atoms with Crippen LogP contribution in [0, 0.1) is 0 Å². The van der Waals surface area contributed by atoms with Gasteiger partial charge in [0.15, 0.2) is 0 Å². The Bertz CT molecular complexity index is 446. The van der Waals surface area contributed by atoms with Gasteiger partial charge in [-0.2, -0.15) is 0 Å². The van der Waals surface area contributed by atoms with Crippen molar-refractivity contribution in [1.29, 1.82) is 0 Å². The molecule has 1 heterocycles. The van der Waals surface area contributed by atoms with Crippen LogP contribution in [0.25, 0.3) is 0 Å². The van der Waals surface area contributed by atoms with Gasteiger partial charge in [0.25, 0.3) is 0 Å². The first-order chi connectivity index (χ1) is 10.1. The van der Waals surface area contributed by atoms with Crippen LogP contribution in [-0.2, 0) is 4.79 Å². The number of piperidine rings is 1. The van der Waals surface area contributed by atoms with Gasteiger partial charge in [0, 0.05) is 17.8 Å². The van der Waals surface area contributed by atoms with Crippen molar-refractivity contribution in [2.24, 2.45) is 0 Å². The number of nitrogens with one attached hydrogen (secondary N) is 1. The molecule has 2 rings (SSSR count). The lowest BCUT2D eigenvalue weighted by Gasteiger charge is -2.34. The van der Waals surface area contributed by atoms with E-state index in [0.29, 0.717) is 12.6 Å². The first-order valence-corrected chi connectivity index (χ1v) is 7.87. The number of anilines is 1. The Morgan fingerprint density at radius 1 is 1.23 bits per heavy atom. The highest BCUT2D eigenvalue weighted by Gasteiger charge is 2.24. The second-order valence-electron chi connectivity index (χ2n) is 6.09. The smallest absolute Gasteiger partial charge is 0.241 e. The van der Waals surface area contributed by atoms with Gasteiger partial charge >= 0.3 is 0 Å². The first kappa shape index (κ1) is 18.9. The zero-order valence-electron chi connectivity index (χ0n) is 13.8. The Hall–Kier alpha value is -1.10. The van der Waals surface area contributed by atoms with Crippen LogP contribution in [0.2, 0.25) is 0 Å². The van der Waals surface area contributed by atoms with E-state index in [9.17, 15) is 4.79 Å². The maximum atomic E-state index is 12.7. The summed E-state index contributed by atoms with van der Waals surface area (Å²) in [7, 11) is 2.07. The summed E-state index contributed by atoms with van der Waals surface area (Å²) < 4.78 is 0. The maximum absolute atomic E-state index is 12.7. The Labute approximate surface area is 140 Å². The Kier molecular flexibility index (Phi) is 7.87. The second-order valence-corrected chi connectivity index (χ2v) is 6.09. The average molecular weight is 326 g/mol. The van der Waals surface area contributed by atoms with Gasteiger partial charge in [0.05, 0.1) is 6.54 Å².